The lowest BCUT2D eigenvalue weighted by atomic mass is 10.2. The summed E-state index contributed by atoms with van der Waals surface area (Å²) in [6.45, 7) is 0.598. The lowest BCUT2D eigenvalue weighted by Gasteiger charge is -2.12. The third-order valence-electron chi connectivity index (χ3n) is 4.64. The van der Waals surface area contributed by atoms with E-state index in [1.165, 1.54) is 12.8 Å². The van der Waals surface area contributed by atoms with Crippen LogP contribution in [-0.4, -0.2) is 31.2 Å². The molecule has 6 heteroatoms. The van der Waals surface area contributed by atoms with E-state index in [1.54, 1.807) is 26.5 Å². The molecule has 138 valence electrons. The zero-order valence-corrected chi connectivity index (χ0v) is 15.2. The molecule has 0 atom stereocenters. The maximum Gasteiger partial charge on any atom is 0.253 e. The molecule has 1 fully saturated rings. The van der Waals surface area contributed by atoms with Gasteiger partial charge in [-0.05, 0) is 42.7 Å². The number of carbonyl (C=O) groups is 1. The Labute approximate surface area is 153 Å². The highest BCUT2D eigenvalue weighted by atomic mass is 16.5. The zero-order valence-electron chi connectivity index (χ0n) is 15.2. The lowest BCUT2D eigenvalue weighted by Crippen LogP contribution is -2.32. The first-order valence-corrected chi connectivity index (χ1v) is 8.91. The Hall–Kier alpha value is -2.76. The SMILES string of the molecule is COc1ccc(CNc2ccc(C(=O)NC3CCCC3)cn2)cc1OC. The van der Waals surface area contributed by atoms with Gasteiger partial charge in [0, 0.05) is 18.8 Å². The van der Waals surface area contributed by atoms with Crippen molar-refractivity contribution in [2.45, 2.75) is 38.3 Å². The number of ether oxygens (including phenoxy) is 2. The number of methoxy groups -OCH3 is 2. The summed E-state index contributed by atoms with van der Waals surface area (Å²) < 4.78 is 10.6. The third kappa shape index (κ3) is 4.45. The van der Waals surface area contributed by atoms with Gasteiger partial charge < -0.3 is 20.1 Å². The number of nitrogens with zero attached hydrogens (tertiary/aromatic N) is 1. The van der Waals surface area contributed by atoms with E-state index < -0.39 is 0 Å². The summed E-state index contributed by atoms with van der Waals surface area (Å²) in [5, 5.41) is 6.32. The van der Waals surface area contributed by atoms with Gasteiger partial charge in [-0.3, -0.25) is 4.79 Å². The summed E-state index contributed by atoms with van der Waals surface area (Å²) in [5.74, 6) is 2.07. The topological polar surface area (TPSA) is 72.5 Å². The van der Waals surface area contributed by atoms with Crippen LogP contribution in [0.5, 0.6) is 11.5 Å². The molecule has 0 spiro atoms. The van der Waals surface area contributed by atoms with Gasteiger partial charge in [0.1, 0.15) is 5.82 Å². The normalized spacial score (nSPS) is 14.1. The monoisotopic (exact) mass is 355 g/mol. The van der Waals surface area contributed by atoms with Gasteiger partial charge in [-0.15, -0.1) is 0 Å². The van der Waals surface area contributed by atoms with Crippen molar-refractivity contribution in [2.24, 2.45) is 0 Å². The van der Waals surface area contributed by atoms with Crippen LogP contribution < -0.4 is 20.1 Å². The smallest absolute Gasteiger partial charge is 0.253 e. The average Bonchev–Trinajstić information content (AvgIpc) is 3.19. The Morgan fingerprint density at radius 3 is 2.54 bits per heavy atom. The molecule has 0 bridgehead atoms. The maximum atomic E-state index is 12.2. The Morgan fingerprint density at radius 1 is 1.12 bits per heavy atom. The van der Waals surface area contributed by atoms with Gasteiger partial charge in [0.15, 0.2) is 11.5 Å². The van der Waals surface area contributed by atoms with E-state index in [0.29, 0.717) is 29.6 Å². The van der Waals surface area contributed by atoms with Crippen LogP contribution in [0.4, 0.5) is 5.82 Å². The second kappa shape index (κ2) is 8.56. The fourth-order valence-corrected chi connectivity index (χ4v) is 3.15. The van der Waals surface area contributed by atoms with Gasteiger partial charge in [0.25, 0.3) is 5.91 Å². The van der Waals surface area contributed by atoms with E-state index in [1.807, 2.05) is 24.3 Å². The second-order valence-electron chi connectivity index (χ2n) is 6.43. The van der Waals surface area contributed by atoms with Crippen LogP contribution >= 0.6 is 0 Å². The quantitative estimate of drug-likeness (QED) is 0.796. The van der Waals surface area contributed by atoms with Crippen molar-refractivity contribution < 1.29 is 14.3 Å². The molecule has 0 radical (unpaired) electrons. The first-order chi connectivity index (χ1) is 12.7. The number of anilines is 1. The van der Waals surface area contributed by atoms with Crippen molar-refractivity contribution in [1.82, 2.24) is 10.3 Å². The number of benzene rings is 1. The number of pyridine rings is 1. The number of amides is 1. The molecule has 6 nitrogen and oxygen atoms in total. The summed E-state index contributed by atoms with van der Waals surface area (Å²) in [7, 11) is 3.23. The molecule has 0 unspecified atom stereocenters. The van der Waals surface area contributed by atoms with Gasteiger partial charge in [-0.25, -0.2) is 4.98 Å². The van der Waals surface area contributed by atoms with Gasteiger partial charge in [0.05, 0.1) is 19.8 Å². The maximum absolute atomic E-state index is 12.2. The highest BCUT2D eigenvalue weighted by molar-refractivity contribution is 5.94. The molecule has 1 aliphatic rings. The Morgan fingerprint density at radius 2 is 1.88 bits per heavy atom. The molecule has 1 aromatic carbocycles. The van der Waals surface area contributed by atoms with Crippen LogP contribution in [0.1, 0.15) is 41.6 Å². The van der Waals surface area contributed by atoms with Crippen molar-refractivity contribution in [3.05, 3.63) is 47.7 Å². The van der Waals surface area contributed by atoms with E-state index >= 15 is 0 Å². The van der Waals surface area contributed by atoms with Gasteiger partial charge in [0.2, 0.25) is 0 Å². The average molecular weight is 355 g/mol. The molecule has 3 rings (SSSR count). The van der Waals surface area contributed by atoms with Crippen LogP contribution in [0.2, 0.25) is 0 Å². The Balaban J connectivity index is 1.56. The van der Waals surface area contributed by atoms with Crippen molar-refractivity contribution in [3.8, 4) is 11.5 Å². The standard InChI is InChI=1S/C20H25N3O3/c1-25-17-9-7-14(11-18(17)26-2)12-21-19-10-8-15(13-22-19)20(24)23-16-5-3-4-6-16/h7-11,13,16H,3-6,12H2,1-2H3,(H,21,22)(H,23,24). The molecule has 1 aliphatic carbocycles. The minimum Gasteiger partial charge on any atom is -0.493 e. The molecule has 0 saturated heterocycles. The summed E-state index contributed by atoms with van der Waals surface area (Å²) >= 11 is 0. The molecule has 1 heterocycles. The predicted molar refractivity (Wildman–Crippen MR) is 101 cm³/mol. The Bertz CT molecular complexity index is 740. The van der Waals surface area contributed by atoms with E-state index in [2.05, 4.69) is 15.6 Å². The summed E-state index contributed by atoms with van der Waals surface area (Å²) in [6.07, 6.45) is 6.15. The number of carbonyl (C=O) groups excluding carboxylic acids is 1. The highest BCUT2D eigenvalue weighted by Gasteiger charge is 2.18. The first kappa shape index (κ1) is 18.0. The molecule has 1 amide bonds. The fraction of sp³-hybridized carbons (Fsp3) is 0.400. The van der Waals surface area contributed by atoms with E-state index in [4.69, 9.17) is 9.47 Å². The molecule has 1 aromatic heterocycles. The van der Waals surface area contributed by atoms with E-state index in [9.17, 15) is 4.79 Å². The number of nitrogens with one attached hydrogen (secondary N) is 2. The van der Waals surface area contributed by atoms with Crippen LogP contribution in [0.15, 0.2) is 36.5 Å². The molecule has 26 heavy (non-hydrogen) atoms. The number of aromatic nitrogens is 1. The third-order valence-corrected chi connectivity index (χ3v) is 4.64. The van der Waals surface area contributed by atoms with Crippen molar-refractivity contribution in [1.29, 1.82) is 0 Å². The van der Waals surface area contributed by atoms with Crippen molar-refractivity contribution >= 4 is 11.7 Å². The van der Waals surface area contributed by atoms with E-state index in [-0.39, 0.29) is 5.91 Å². The zero-order chi connectivity index (χ0) is 18.4. The second-order valence-corrected chi connectivity index (χ2v) is 6.43. The lowest BCUT2D eigenvalue weighted by molar-refractivity contribution is 0.0937. The van der Waals surface area contributed by atoms with Gasteiger partial charge in [-0.2, -0.15) is 0 Å². The van der Waals surface area contributed by atoms with Crippen LogP contribution in [0.3, 0.4) is 0 Å². The minimum absolute atomic E-state index is 0.0455. The first-order valence-electron chi connectivity index (χ1n) is 8.91. The van der Waals surface area contributed by atoms with Gasteiger partial charge >= 0.3 is 0 Å². The fourth-order valence-electron chi connectivity index (χ4n) is 3.15. The molecule has 1 saturated carbocycles. The minimum atomic E-state index is -0.0455. The van der Waals surface area contributed by atoms with E-state index in [0.717, 1.165) is 24.2 Å². The number of hydrogen-bond donors (Lipinski definition) is 2. The molecule has 2 aromatic rings. The van der Waals surface area contributed by atoms with Gasteiger partial charge in [-0.1, -0.05) is 18.9 Å². The molecular weight excluding hydrogens is 330 g/mol. The Kier molecular flexibility index (Phi) is 5.94. The number of hydrogen-bond acceptors (Lipinski definition) is 5. The number of rotatable bonds is 7. The summed E-state index contributed by atoms with van der Waals surface area (Å²) in [5.41, 5.74) is 1.64. The van der Waals surface area contributed by atoms with Crippen LogP contribution in [-0.2, 0) is 6.54 Å². The predicted octanol–water partition coefficient (Wildman–Crippen LogP) is 3.38. The highest BCUT2D eigenvalue weighted by Crippen LogP contribution is 2.27. The van der Waals surface area contributed by atoms with Crippen LogP contribution in [0, 0.1) is 0 Å². The molecule has 2 N–H and O–H groups in total. The summed E-state index contributed by atoms with van der Waals surface area (Å²) in [6, 6.07) is 9.70. The summed E-state index contributed by atoms with van der Waals surface area (Å²) in [4.78, 5) is 16.6. The molecular formula is C20H25N3O3. The van der Waals surface area contributed by atoms with Crippen molar-refractivity contribution in [3.63, 3.8) is 0 Å². The molecule has 0 aliphatic heterocycles. The van der Waals surface area contributed by atoms with Crippen molar-refractivity contribution in [2.75, 3.05) is 19.5 Å². The largest absolute Gasteiger partial charge is 0.493 e. The van der Waals surface area contributed by atoms with Crippen LogP contribution in [0.25, 0.3) is 0 Å².